The molecule has 4 heteroatoms. The first-order chi connectivity index (χ1) is 10.4. The Balaban J connectivity index is 1.92. The van der Waals surface area contributed by atoms with Crippen molar-refractivity contribution in [1.29, 1.82) is 0 Å². The summed E-state index contributed by atoms with van der Waals surface area (Å²) in [7, 11) is 0. The summed E-state index contributed by atoms with van der Waals surface area (Å²) in [5, 5.41) is 0. The number of benzene rings is 1. The molecule has 1 amide bonds. The number of hydrogen-bond donors (Lipinski definition) is 0. The minimum atomic E-state index is 0.0209. The highest BCUT2D eigenvalue weighted by Crippen LogP contribution is 2.23. The summed E-state index contributed by atoms with van der Waals surface area (Å²) in [6, 6.07) is 6.03. The first kappa shape index (κ1) is 16.8. The van der Waals surface area contributed by atoms with Crippen LogP contribution in [-0.4, -0.2) is 42.7 Å². The van der Waals surface area contributed by atoms with E-state index in [2.05, 4.69) is 26.8 Å². The van der Waals surface area contributed by atoms with Gasteiger partial charge in [0.2, 0.25) is 0 Å². The van der Waals surface area contributed by atoms with E-state index in [0.29, 0.717) is 19.0 Å². The molecule has 4 nitrogen and oxygen atoms in total. The molecule has 2 rings (SSSR count). The zero-order valence-corrected chi connectivity index (χ0v) is 14.3. The number of ether oxygens (including phenoxy) is 2. The van der Waals surface area contributed by atoms with Gasteiger partial charge >= 0.3 is 0 Å². The van der Waals surface area contributed by atoms with Gasteiger partial charge in [-0.05, 0) is 49.9 Å². The first-order valence-corrected chi connectivity index (χ1v) is 8.03. The molecule has 1 aromatic rings. The highest BCUT2D eigenvalue weighted by atomic mass is 16.5. The molecule has 0 bridgehead atoms. The molecule has 122 valence electrons. The van der Waals surface area contributed by atoms with E-state index in [1.165, 1.54) is 11.1 Å². The van der Waals surface area contributed by atoms with Gasteiger partial charge in [0.1, 0.15) is 5.75 Å². The number of amides is 1. The zero-order chi connectivity index (χ0) is 16.3. The predicted molar refractivity (Wildman–Crippen MR) is 87.4 cm³/mol. The third-order valence-electron chi connectivity index (χ3n) is 4.00. The van der Waals surface area contributed by atoms with Crippen molar-refractivity contribution < 1.29 is 14.3 Å². The lowest BCUT2D eigenvalue weighted by atomic mass is 9.98. The summed E-state index contributed by atoms with van der Waals surface area (Å²) >= 11 is 0. The molecule has 0 N–H and O–H groups in total. The minimum absolute atomic E-state index is 0.0209. The van der Waals surface area contributed by atoms with Crippen molar-refractivity contribution in [2.24, 2.45) is 0 Å². The summed E-state index contributed by atoms with van der Waals surface area (Å²) in [5.41, 5.74) is 2.52. The van der Waals surface area contributed by atoms with Gasteiger partial charge in [-0.15, -0.1) is 0 Å². The fraction of sp³-hybridized carbons (Fsp3) is 0.611. The molecule has 0 radical (unpaired) electrons. The van der Waals surface area contributed by atoms with Gasteiger partial charge in [-0.3, -0.25) is 4.79 Å². The quantitative estimate of drug-likeness (QED) is 0.858. The Morgan fingerprint density at radius 3 is 2.50 bits per heavy atom. The third kappa shape index (κ3) is 4.23. The Morgan fingerprint density at radius 2 is 1.95 bits per heavy atom. The summed E-state index contributed by atoms with van der Waals surface area (Å²) in [4.78, 5) is 14.1. The van der Waals surface area contributed by atoms with Gasteiger partial charge in [0, 0.05) is 13.1 Å². The average Bonchev–Trinajstić information content (AvgIpc) is 2.43. The summed E-state index contributed by atoms with van der Waals surface area (Å²) < 4.78 is 11.3. The molecule has 1 heterocycles. The van der Waals surface area contributed by atoms with Gasteiger partial charge in [0.15, 0.2) is 6.61 Å². The van der Waals surface area contributed by atoms with E-state index in [9.17, 15) is 4.79 Å². The maximum atomic E-state index is 12.3. The highest BCUT2D eigenvalue weighted by Gasteiger charge is 2.25. The van der Waals surface area contributed by atoms with E-state index < -0.39 is 0 Å². The van der Waals surface area contributed by atoms with Crippen molar-refractivity contribution in [3.05, 3.63) is 29.3 Å². The second-order valence-corrected chi connectivity index (χ2v) is 6.52. The van der Waals surface area contributed by atoms with Gasteiger partial charge in [0.25, 0.3) is 5.91 Å². The molecular weight excluding hydrogens is 278 g/mol. The van der Waals surface area contributed by atoms with Crippen LogP contribution in [0.5, 0.6) is 5.75 Å². The van der Waals surface area contributed by atoms with Crippen LogP contribution < -0.4 is 4.74 Å². The first-order valence-electron chi connectivity index (χ1n) is 8.03. The van der Waals surface area contributed by atoms with Crippen LogP contribution >= 0.6 is 0 Å². The normalized spacial score (nSPS) is 22.0. The van der Waals surface area contributed by atoms with Crippen LogP contribution in [0.1, 0.15) is 44.7 Å². The Hall–Kier alpha value is -1.55. The Morgan fingerprint density at radius 1 is 1.32 bits per heavy atom. The monoisotopic (exact) mass is 305 g/mol. The van der Waals surface area contributed by atoms with Gasteiger partial charge in [-0.1, -0.05) is 19.9 Å². The molecule has 0 spiro atoms. The number of carbonyl (C=O) groups is 1. The van der Waals surface area contributed by atoms with Crippen molar-refractivity contribution in [2.75, 3.05) is 19.7 Å². The second-order valence-electron chi connectivity index (χ2n) is 6.52. The lowest BCUT2D eigenvalue weighted by molar-refractivity contribution is -0.145. The number of aryl methyl sites for hydroxylation is 1. The molecule has 1 fully saturated rings. The number of morpholine rings is 1. The van der Waals surface area contributed by atoms with E-state index in [-0.39, 0.29) is 24.7 Å². The molecule has 0 saturated carbocycles. The van der Waals surface area contributed by atoms with Crippen LogP contribution in [0.2, 0.25) is 0 Å². The SMILES string of the molecule is Cc1cc(OCC(=O)N2CC(C)OC(C)C2)ccc1C(C)C. The van der Waals surface area contributed by atoms with Gasteiger partial charge < -0.3 is 14.4 Å². The van der Waals surface area contributed by atoms with E-state index in [1.807, 2.05) is 30.9 Å². The zero-order valence-electron chi connectivity index (χ0n) is 14.3. The van der Waals surface area contributed by atoms with Gasteiger partial charge in [-0.25, -0.2) is 0 Å². The molecule has 2 unspecified atom stereocenters. The maximum Gasteiger partial charge on any atom is 0.260 e. The van der Waals surface area contributed by atoms with E-state index in [4.69, 9.17) is 9.47 Å². The average molecular weight is 305 g/mol. The van der Waals surface area contributed by atoms with Gasteiger partial charge in [-0.2, -0.15) is 0 Å². The lowest BCUT2D eigenvalue weighted by Crippen LogP contribution is -2.49. The van der Waals surface area contributed by atoms with Crippen molar-refractivity contribution in [3.8, 4) is 5.75 Å². The van der Waals surface area contributed by atoms with Crippen LogP contribution in [0.25, 0.3) is 0 Å². The third-order valence-corrected chi connectivity index (χ3v) is 4.00. The predicted octanol–water partition coefficient (Wildman–Crippen LogP) is 3.13. The van der Waals surface area contributed by atoms with Crippen molar-refractivity contribution in [1.82, 2.24) is 4.90 Å². The highest BCUT2D eigenvalue weighted by molar-refractivity contribution is 5.78. The number of rotatable bonds is 4. The van der Waals surface area contributed by atoms with Crippen LogP contribution in [0.4, 0.5) is 0 Å². The topological polar surface area (TPSA) is 38.8 Å². The summed E-state index contributed by atoms with van der Waals surface area (Å²) in [6.45, 7) is 11.8. The second kappa shape index (κ2) is 7.14. The molecule has 2 atom stereocenters. The van der Waals surface area contributed by atoms with E-state index in [1.54, 1.807) is 0 Å². The molecule has 0 aliphatic carbocycles. The van der Waals surface area contributed by atoms with Gasteiger partial charge in [0.05, 0.1) is 12.2 Å². The summed E-state index contributed by atoms with van der Waals surface area (Å²) in [6.07, 6.45) is 0.167. The number of carbonyl (C=O) groups excluding carboxylic acids is 1. The summed E-state index contributed by atoms with van der Waals surface area (Å²) in [5.74, 6) is 1.27. The molecular formula is C18H27NO3. The van der Waals surface area contributed by atoms with Crippen LogP contribution in [-0.2, 0) is 9.53 Å². The van der Waals surface area contributed by atoms with E-state index >= 15 is 0 Å². The Labute approximate surface area is 133 Å². The standard InChI is InChI=1S/C18H27NO3/c1-12(2)17-7-6-16(8-13(17)3)21-11-18(20)19-9-14(4)22-15(5)10-19/h6-8,12,14-15H,9-11H2,1-5H3. The molecule has 1 aliphatic rings. The van der Waals surface area contributed by atoms with Crippen molar-refractivity contribution in [3.63, 3.8) is 0 Å². The molecule has 1 aromatic carbocycles. The van der Waals surface area contributed by atoms with Crippen LogP contribution in [0.15, 0.2) is 18.2 Å². The van der Waals surface area contributed by atoms with Crippen LogP contribution in [0, 0.1) is 6.92 Å². The fourth-order valence-electron chi connectivity index (χ4n) is 3.00. The van der Waals surface area contributed by atoms with Crippen molar-refractivity contribution in [2.45, 2.75) is 52.7 Å². The van der Waals surface area contributed by atoms with Crippen molar-refractivity contribution >= 4 is 5.91 Å². The largest absolute Gasteiger partial charge is 0.484 e. The smallest absolute Gasteiger partial charge is 0.260 e. The number of nitrogens with zero attached hydrogens (tertiary/aromatic N) is 1. The van der Waals surface area contributed by atoms with Crippen LogP contribution in [0.3, 0.4) is 0 Å². The maximum absolute atomic E-state index is 12.3. The van der Waals surface area contributed by atoms with E-state index in [0.717, 1.165) is 5.75 Å². The molecule has 1 saturated heterocycles. The molecule has 0 aromatic heterocycles. The lowest BCUT2D eigenvalue weighted by Gasteiger charge is -2.35. The Bertz CT molecular complexity index is 517. The molecule has 1 aliphatic heterocycles. The fourth-order valence-corrected chi connectivity index (χ4v) is 3.00. The Kier molecular flexibility index (Phi) is 5.46. The number of hydrogen-bond acceptors (Lipinski definition) is 3. The minimum Gasteiger partial charge on any atom is -0.484 e. The molecule has 22 heavy (non-hydrogen) atoms.